The van der Waals surface area contributed by atoms with E-state index in [2.05, 4.69) is 20.9 Å². The first-order valence-corrected chi connectivity index (χ1v) is 9.77. The number of Topliss-reactive ketones (excluding diaryl/α,β-unsaturated/α-hetero) is 1. The van der Waals surface area contributed by atoms with Crippen LogP contribution in [0.1, 0.15) is 25.3 Å². The summed E-state index contributed by atoms with van der Waals surface area (Å²) in [5, 5.41) is 15.4. The van der Waals surface area contributed by atoms with Crippen molar-refractivity contribution in [2.24, 2.45) is 10.2 Å². The van der Waals surface area contributed by atoms with E-state index in [1.807, 2.05) is 12.1 Å². The topological polar surface area (TPSA) is 65.8 Å². The lowest BCUT2D eigenvalue weighted by Gasteiger charge is -2.28. The molecule has 3 aliphatic heterocycles. The molecule has 7 heteroatoms. The minimum absolute atomic E-state index is 0.00368. The number of halogens is 1. The van der Waals surface area contributed by atoms with E-state index < -0.39 is 6.04 Å². The van der Waals surface area contributed by atoms with E-state index in [9.17, 15) is 9.18 Å². The van der Waals surface area contributed by atoms with Gasteiger partial charge in [-0.05, 0) is 50.1 Å². The number of thioether (sulfide) groups is 1. The number of hydrogen-bond acceptors (Lipinski definition) is 6. The lowest BCUT2D eigenvalue weighted by atomic mass is 10.00. The standard InChI is InChI=1S/C19H21FN4OS/c1-11(25)17-18-15(9-16(26-18)12-4-2-5-13(20)8-12)19(24-23-17)22-14-6-3-7-21-10-14/h2,4-5,8-9,14,17-18,21-22H,3,6-7,10H2,1H3/t14-,17?,18?/m0/s1. The Hall–Kier alpha value is -1.99. The fourth-order valence-corrected chi connectivity index (χ4v) is 4.91. The molecule has 1 aromatic rings. The van der Waals surface area contributed by atoms with Gasteiger partial charge in [-0.25, -0.2) is 4.39 Å². The lowest BCUT2D eigenvalue weighted by Crippen LogP contribution is -2.43. The van der Waals surface area contributed by atoms with Gasteiger partial charge in [-0.1, -0.05) is 12.1 Å². The van der Waals surface area contributed by atoms with Gasteiger partial charge in [-0.15, -0.1) is 16.9 Å². The third-order valence-corrected chi connectivity index (χ3v) is 6.23. The second kappa shape index (κ2) is 7.32. The molecule has 5 nitrogen and oxygen atoms in total. The van der Waals surface area contributed by atoms with E-state index in [4.69, 9.17) is 0 Å². The summed E-state index contributed by atoms with van der Waals surface area (Å²) < 4.78 is 13.6. The predicted molar refractivity (Wildman–Crippen MR) is 101 cm³/mol. The monoisotopic (exact) mass is 372 g/mol. The molecule has 3 heterocycles. The highest BCUT2D eigenvalue weighted by molar-refractivity contribution is 8.09. The molecular formula is C19H21FN4OS. The Kier molecular flexibility index (Phi) is 4.91. The third-order valence-electron chi connectivity index (χ3n) is 4.85. The molecule has 136 valence electrons. The van der Waals surface area contributed by atoms with Gasteiger partial charge in [0.2, 0.25) is 0 Å². The van der Waals surface area contributed by atoms with Gasteiger partial charge in [-0.2, -0.15) is 5.11 Å². The molecular weight excluding hydrogens is 351 g/mol. The zero-order valence-corrected chi connectivity index (χ0v) is 15.4. The Bertz CT molecular complexity index is 814. The summed E-state index contributed by atoms with van der Waals surface area (Å²) in [5.74, 6) is 0.466. The highest BCUT2D eigenvalue weighted by atomic mass is 32.2. The number of fused-ring (bicyclic) bond motifs is 1. The Morgan fingerprint density at radius 2 is 2.31 bits per heavy atom. The van der Waals surface area contributed by atoms with Crippen molar-refractivity contribution in [3.63, 3.8) is 0 Å². The Balaban J connectivity index is 1.67. The largest absolute Gasteiger partial charge is 0.364 e. The second-order valence-corrected chi connectivity index (χ2v) is 8.00. The zero-order chi connectivity index (χ0) is 18.1. The van der Waals surface area contributed by atoms with Crippen molar-refractivity contribution in [3.8, 4) is 0 Å². The molecule has 4 rings (SSSR count). The number of allylic oxidation sites excluding steroid dienone is 1. The average molecular weight is 372 g/mol. The number of azo groups is 1. The Labute approximate surface area is 156 Å². The summed E-state index contributed by atoms with van der Waals surface area (Å²) in [6.07, 6.45) is 4.22. The van der Waals surface area contributed by atoms with Crippen LogP contribution in [0, 0.1) is 5.82 Å². The number of nitrogens with zero attached hydrogens (tertiary/aromatic N) is 2. The van der Waals surface area contributed by atoms with Crippen LogP contribution < -0.4 is 10.6 Å². The molecule has 3 atom stereocenters. The maximum Gasteiger partial charge on any atom is 0.157 e. The van der Waals surface area contributed by atoms with Crippen LogP contribution in [0.4, 0.5) is 4.39 Å². The predicted octanol–water partition coefficient (Wildman–Crippen LogP) is 3.26. The first-order chi connectivity index (χ1) is 12.6. The summed E-state index contributed by atoms with van der Waals surface area (Å²) in [5.41, 5.74) is 1.80. The molecule has 0 aliphatic carbocycles. The van der Waals surface area contributed by atoms with Gasteiger partial charge < -0.3 is 10.6 Å². The molecule has 3 aliphatic rings. The van der Waals surface area contributed by atoms with Gasteiger partial charge in [0.25, 0.3) is 0 Å². The first kappa shape index (κ1) is 17.4. The van der Waals surface area contributed by atoms with E-state index >= 15 is 0 Å². The lowest BCUT2D eigenvalue weighted by molar-refractivity contribution is -0.118. The number of ketones is 1. The molecule has 0 aromatic heterocycles. The summed E-state index contributed by atoms with van der Waals surface area (Å²) >= 11 is 1.56. The number of carbonyl (C=O) groups excluding carboxylic acids is 1. The molecule has 0 bridgehead atoms. The van der Waals surface area contributed by atoms with E-state index in [0.29, 0.717) is 6.04 Å². The van der Waals surface area contributed by atoms with Crippen molar-refractivity contribution in [1.82, 2.24) is 10.6 Å². The SMILES string of the molecule is CC(=O)C1N=NC(N[C@H]2CCCNC2)=C2C=C(c3cccc(F)c3)SC21. The maximum atomic E-state index is 13.6. The Morgan fingerprint density at radius 3 is 3.04 bits per heavy atom. The van der Waals surface area contributed by atoms with Crippen LogP contribution in [0.15, 0.2) is 52.0 Å². The first-order valence-electron chi connectivity index (χ1n) is 8.89. The van der Waals surface area contributed by atoms with Crippen molar-refractivity contribution in [3.05, 3.63) is 53.1 Å². The maximum absolute atomic E-state index is 13.6. The number of piperidine rings is 1. The third kappa shape index (κ3) is 3.46. The van der Waals surface area contributed by atoms with Crippen LogP contribution >= 0.6 is 11.8 Å². The highest BCUT2D eigenvalue weighted by Crippen LogP contribution is 2.47. The molecule has 1 saturated heterocycles. The number of nitrogens with one attached hydrogen (secondary N) is 2. The van der Waals surface area contributed by atoms with Crippen molar-refractivity contribution < 1.29 is 9.18 Å². The number of rotatable bonds is 4. The van der Waals surface area contributed by atoms with Crippen LogP contribution in [0.3, 0.4) is 0 Å². The molecule has 1 fully saturated rings. The van der Waals surface area contributed by atoms with Crippen molar-refractivity contribution in [1.29, 1.82) is 0 Å². The minimum Gasteiger partial charge on any atom is -0.364 e. The molecule has 2 N–H and O–H groups in total. The van der Waals surface area contributed by atoms with Crippen LogP contribution in [0.25, 0.3) is 4.91 Å². The normalized spacial score (nSPS) is 27.9. The van der Waals surface area contributed by atoms with Gasteiger partial charge in [0.1, 0.15) is 11.9 Å². The molecule has 0 radical (unpaired) electrons. The number of benzene rings is 1. The van der Waals surface area contributed by atoms with Crippen LogP contribution in [-0.2, 0) is 4.79 Å². The average Bonchev–Trinajstić information content (AvgIpc) is 3.08. The van der Waals surface area contributed by atoms with Crippen molar-refractivity contribution in [2.45, 2.75) is 37.1 Å². The minimum atomic E-state index is -0.493. The summed E-state index contributed by atoms with van der Waals surface area (Å²) in [6.45, 7) is 3.48. The summed E-state index contributed by atoms with van der Waals surface area (Å²) in [4.78, 5) is 13.0. The fraction of sp³-hybridized carbons (Fsp3) is 0.421. The van der Waals surface area contributed by atoms with Crippen molar-refractivity contribution >= 4 is 22.5 Å². The molecule has 0 amide bonds. The van der Waals surface area contributed by atoms with Gasteiger partial charge in [0, 0.05) is 23.1 Å². The molecule has 2 unspecified atom stereocenters. The highest BCUT2D eigenvalue weighted by Gasteiger charge is 2.39. The van der Waals surface area contributed by atoms with Crippen LogP contribution in [-0.4, -0.2) is 36.2 Å². The van der Waals surface area contributed by atoms with E-state index in [1.54, 1.807) is 24.8 Å². The van der Waals surface area contributed by atoms with Crippen molar-refractivity contribution in [2.75, 3.05) is 13.1 Å². The molecule has 0 saturated carbocycles. The quantitative estimate of drug-likeness (QED) is 0.851. The molecule has 26 heavy (non-hydrogen) atoms. The van der Waals surface area contributed by atoms with E-state index in [1.165, 1.54) is 12.1 Å². The Morgan fingerprint density at radius 1 is 1.42 bits per heavy atom. The van der Waals surface area contributed by atoms with E-state index in [-0.39, 0.29) is 16.9 Å². The summed E-state index contributed by atoms with van der Waals surface area (Å²) in [6, 6.07) is 6.35. The second-order valence-electron chi connectivity index (χ2n) is 6.82. The van der Waals surface area contributed by atoms with Gasteiger partial charge in [-0.3, -0.25) is 4.79 Å². The zero-order valence-electron chi connectivity index (χ0n) is 14.5. The van der Waals surface area contributed by atoms with Crippen LogP contribution in [0.2, 0.25) is 0 Å². The van der Waals surface area contributed by atoms with Gasteiger partial charge in [0.05, 0.1) is 5.25 Å². The molecule has 0 spiro atoms. The van der Waals surface area contributed by atoms with Crippen LogP contribution in [0.5, 0.6) is 0 Å². The smallest absolute Gasteiger partial charge is 0.157 e. The molecule has 1 aromatic carbocycles. The fourth-order valence-electron chi connectivity index (χ4n) is 3.50. The van der Waals surface area contributed by atoms with E-state index in [0.717, 1.165) is 47.8 Å². The number of carbonyl (C=O) groups is 1. The number of hydrogen-bond donors (Lipinski definition) is 2. The van der Waals surface area contributed by atoms with Gasteiger partial charge in [0.15, 0.2) is 11.6 Å². The van der Waals surface area contributed by atoms with Gasteiger partial charge >= 0.3 is 0 Å². The summed E-state index contributed by atoms with van der Waals surface area (Å²) in [7, 11) is 0.